The van der Waals surface area contributed by atoms with Crippen LogP contribution in [0.15, 0.2) is 0 Å². The molecule has 0 aromatic carbocycles. The van der Waals surface area contributed by atoms with E-state index in [-0.39, 0.29) is 25.0 Å². The average Bonchev–Trinajstić information content (AvgIpc) is 1.89. The maximum Gasteiger partial charge on any atom is 0.229 e. The lowest BCUT2D eigenvalue weighted by atomic mass is 10.9. The van der Waals surface area contributed by atoms with Crippen molar-refractivity contribution in [1.82, 2.24) is 0 Å². The molecule has 4 N–H and O–H groups in total. The molecule has 0 aliphatic heterocycles. The summed E-state index contributed by atoms with van der Waals surface area (Å²) in [7, 11) is -2.63. The van der Waals surface area contributed by atoms with Gasteiger partial charge in [-0.1, -0.05) is 0 Å². The van der Waals surface area contributed by atoms with Crippen LogP contribution in [0.1, 0.15) is 6.92 Å². The minimum absolute atomic E-state index is 0. The highest BCUT2D eigenvalue weighted by Gasteiger charge is 2.16. The van der Waals surface area contributed by atoms with Crippen molar-refractivity contribution in [2.45, 2.75) is 6.92 Å². The summed E-state index contributed by atoms with van der Waals surface area (Å²) < 4.78 is 15.9. The van der Waals surface area contributed by atoms with Crippen LogP contribution in [-0.4, -0.2) is 19.2 Å². The van der Waals surface area contributed by atoms with E-state index in [0.29, 0.717) is 6.61 Å². The highest BCUT2D eigenvalue weighted by molar-refractivity contribution is 7.58. The van der Waals surface area contributed by atoms with Crippen LogP contribution < -0.4 is 11.5 Å². The van der Waals surface area contributed by atoms with Crippen molar-refractivity contribution >= 4 is 19.8 Å². The normalized spacial score (nSPS) is 10.7. The molecule has 0 atom stereocenters. The largest absolute Gasteiger partial charge is 0.327 e. The summed E-state index contributed by atoms with van der Waals surface area (Å²) in [6.07, 6.45) is 0.0781. The third-order valence-corrected chi connectivity index (χ3v) is 2.76. The lowest BCUT2D eigenvalue weighted by Crippen LogP contribution is -2.12. The molecule has 0 aromatic rings. The molecule has 64 valence electrons. The Morgan fingerprint density at radius 3 is 1.90 bits per heavy atom. The predicted molar refractivity (Wildman–Crippen MR) is 44.6 cm³/mol. The van der Waals surface area contributed by atoms with Gasteiger partial charge in [-0.15, -0.1) is 12.4 Å². The molecule has 4 nitrogen and oxygen atoms in total. The van der Waals surface area contributed by atoms with E-state index in [2.05, 4.69) is 0 Å². The number of halogens is 1. The minimum Gasteiger partial charge on any atom is -0.327 e. The average molecular weight is 189 g/mol. The molecule has 0 radical (unpaired) electrons. The van der Waals surface area contributed by atoms with Crippen molar-refractivity contribution in [1.29, 1.82) is 0 Å². The molecule has 10 heavy (non-hydrogen) atoms. The Balaban J connectivity index is 0. The van der Waals surface area contributed by atoms with Gasteiger partial charge in [-0.05, 0) is 6.92 Å². The van der Waals surface area contributed by atoms with Crippen LogP contribution in [0.25, 0.3) is 0 Å². The highest BCUT2D eigenvalue weighted by atomic mass is 35.5. The van der Waals surface area contributed by atoms with Gasteiger partial charge < -0.3 is 16.0 Å². The fourth-order valence-corrected chi connectivity index (χ4v) is 1.25. The molecule has 0 aliphatic rings. The monoisotopic (exact) mass is 188 g/mol. The molecule has 0 rings (SSSR count). The first-order valence-corrected chi connectivity index (χ1v) is 4.81. The summed E-state index contributed by atoms with van der Waals surface area (Å²) in [5.74, 6) is 0. The lowest BCUT2D eigenvalue weighted by molar-refractivity contribution is 0.333. The summed E-state index contributed by atoms with van der Waals surface area (Å²) >= 11 is 0. The minimum atomic E-state index is -2.63. The Hall–Kier alpha value is 0.400. The van der Waals surface area contributed by atoms with Gasteiger partial charge in [0, 0.05) is 0 Å². The van der Waals surface area contributed by atoms with Gasteiger partial charge in [0.25, 0.3) is 0 Å². The quantitative estimate of drug-likeness (QED) is 0.632. The summed E-state index contributed by atoms with van der Waals surface area (Å²) in [5, 5.41) is 0. The first-order chi connectivity index (χ1) is 4.18. The molecule has 6 heteroatoms. The van der Waals surface area contributed by atoms with E-state index in [1.54, 1.807) is 6.92 Å². The van der Waals surface area contributed by atoms with Crippen LogP contribution in [0, 0.1) is 0 Å². The van der Waals surface area contributed by atoms with E-state index in [0.717, 1.165) is 0 Å². The number of hydrogen-bond donors (Lipinski definition) is 2. The molecule has 0 unspecified atom stereocenters. The summed E-state index contributed by atoms with van der Waals surface area (Å²) in [4.78, 5) is 0. The third-order valence-electron chi connectivity index (χ3n) is 0.921. The van der Waals surface area contributed by atoms with Gasteiger partial charge in [-0.2, -0.15) is 0 Å². The van der Waals surface area contributed by atoms with Gasteiger partial charge >= 0.3 is 0 Å². The van der Waals surface area contributed by atoms with Gasteiger partial charge in [-0.25, -0.2) is 0 Å². The van der Waals surface area contributed by atoms with Gasteiger partial charge in [0.2, 0.25) is 7.37 Å². The highest BCUT2D eigenvalue weighted by Crippen LogP contribution is 2.42. The Morgan fingerprint density at radius 2 is 1.80 bits per heavy atom. The summed E-state index contributed by atoms with van der Waals surface area (Å²) in [5.41, 5.74) is 10.3. The molecule has 0 aliphatic carbocycles. The molecule has 0 fully saturated rings. The third kappa shape index (κ3) is 4.25. The van der Waals surface area contributed by atoms with E-state index in [1.807, 2.05) is 0 Å². The standard InChI is InChI=1S/C4H13N2O2P.ClH/c1-2-8-9(7,3-5)4-6;/h2-6H2,1H3;1H. The maximum absolute atomic E-state index is 11.1. The van der Waals surface area contributed by atoms with Gasteiger partial charge in [0.05, 0.1) is 19.2 Å². The van der Waals surface area contributed by atoms with E-state index >= 15 is 0 Å². The molecule has 0 saturated heterocycles. The molecule has 0 saturated carbocycles. The van der Waals surface area contributed by atoms with Gasteiger partial charge in [-0.3, -0.25) is 4.57 Å². The van der Waals surface area contributed by atoms with Crippen molar-refractivity contribution < 1.29 is 9.09 Å². The topological polar surface area (TPSA) is 78.3 Å². The van der Waals surface area contributed by atoms with E-state index in [1.165, 1.54) is 0 Å². The van der Waals surface area contributed by atoms with Crippen LogP contribution in [0.4, 0.5) is 0 Å². The van der Waals surface area contributed by atoms with Crippen molar-refractivity contribution in [2.24, 2.45) is 11.5 Å². The van der Waals surface area contributed by atoms with Crippen LogP contribution >= 0.6 is 19.8 Å². The molecule has 0 aromatic heterocycles. The van der Waals surface area contributed by atoms with E-state index < -0.39 is 7.37 Å². The molecule has 0 bridgehead atoms. The fraction of sp³-hybridized carbons (Fsp3) is 1.00. The number of nitrogens with two attached hydrogens (primary N) is 2. The van der Waals surface area contributed by atoms with Crippen molar-refractivity contribution in [3.63, 3.8) is 0 Å². The molecule has 0 amide bonds. The molecular weight excluding hydrogens is 174 g/mol. The Bertz CT molecular complexity index is 114. The lowest BCUT2D eigenvalue weighted by Gasteiger charge is -2.11. The molecule has 0 spiro atoms. The number of hydrogen-bond acceptors (Lipinski definition) is 4. The zero-order valence-electron chi connectivity index (χ0n) is 5.95. The van der Waals surface area contributed by atoms with Crippen LogP contribution in [0.5, 0.6) is 0 Å². The molecular formula is C4H14ClN2O2P. The van der Waals surface area contributed by atoms with Crippen LogP contribution in [-0.2, 0) is 9.09 Å². The first kappa shape index (κ1) is 13.0. The fourth-order valence-electron chi connectivity index (χ4n) is 0.415. The number of rotatable bonds is 4. The van der Waals surface area contributed by atoms with E-state index in [4.69, 9.17) is 16.0 Å². The van der Waals surface area contributed by atoms with Gasteiger partial charge in [0.1, 0.15) is 0 Å². The summed E-state index contributed by atoms with van der Waals surface area (Å²) in [6.45, 7) is 2.17. The summed E-state index contributed by atoms with van der Waals surface area (Å²) in [6, 6.07) is 0. The Morgan fingerprint density at radius 1 is 1.40 bits per heavy atom. The second-order valence-electron chi connectivity index (χ2n) is 1.60. The van der Waals surface area contributed by atoms with Crippen LogP contribution in [0.2, 0.25) is 0 Å². The van der Waals surface area contributed by atoms with Crippen molar-refractivity contribution in [3.05, 3.63) is 0 Å². The Labute approximate surface area is 67.2 Å². The molecule has 0 heterocycles. The smallest absolute Gasteiger partial charge is 0.229 e. The maximum atomic E-state index is 11.1. The SMILES string of the molecule is CCOP(=O)(CN)CN.Cl. The van der Waals surface area contributed by atoms with Gasteiger partial charge in [0.15, 0.2) is 0 Å². The zero-order chi connectivity index (χ0) is 7.33. The van der Waals surface area contributed by atoms with E-state index in [9.17, 15) is 4.57 Å². The van der Waals surface area contributed by atoms with Crippen molar-refractivity contribution in [3.8, 4) is 0 Å². The van der Waals surface area contributed by atoms with Crippen LogP contribution in [0.3, 0.4) is 0 Å². The second-order valence-corrected chi connectivity index (χ2v) is 4.22. The Kier molecular flexibility index (Phi) is 7.99. The first-order valence-electron chi connectivity index (χ1n) is 2.81. The zero-order valence-corrected chi connectivity index (χ0v) is 7.66. The second kappa shape index (κ2) is 6.13. The predicted octanol–water partition coefficient (Wildman–Crippen LogP) is 0.555. The van der Waals surface area contributed by atoms with Crippen molar-refractivity contribution in [2.75, 3.05) is 19.2 Å².